The summed E-state index contributed by atoms with van der Waals surface area (Å²) in [5, 5.41) is 16.4. The summed E-state index contributed by atoms with van der Waals surface area (Å²) in [6, 6.07) is -0.211. The smallest absolute Gasteiger partial charge is 0.363 e. The molecule has 0 saturated carbocycles. The molecule has 0 fully saturated rings. The van der Waals surface area contributed by atoms with Crippen LogP contribution in [0.1, 0.15) is 5.82 Å². The Balaban J connectivity index is 2.58. The molecule has 2 N–H and O–H groups in total. The number of aryl methyl sites for hydroxylation is 1. The van der Waals surface area contributed by atoms with Crippen LogP contribution in [0.5, 0.6) is 0 Å². The zero-order valence-electron chi connectivity index (χ0n) is 11.4. The van der Waals surface area contributed by atoms with Gasteiger partial charge in [0.15, 0.2) is 0 Å². The van der Waals surface area contributed by atoms with Crippen LogP contribution >= 0.6 is 0 Å². The molecule has 9 nitrogen and oxygen atoms in total. The van der Waals surface area contributed by atoms with Crippen LogP contribution < -0.4 is 10.6 Å². The Morgan fingerprint density at radius 2 is 2.11 bits per heavy atom. The highest BCUT2D eigenvalue weighted by molar-refractivity contribution is 5.73. The summed E-state index contributed by atoms with van der Waals surface area (Å²) in [6.07, 6.45) is 0. The number of nitrogens with zero attached hydrogens (tertiary/aromatic N) is 4. The lowest BCUT2D eigenvalue weighted by Gasteiger charge is -2.12. The molecule has 0 bridgehead atoms. The number of aromatic nitrogens is 2. The van der Waals surface area contributed by atoms with Crippen molar-refractivity contribution in [1.29, 1.82) is 0 Å². The van der Waals surface area contributed by atoms with Gasteiger partial charge in [0.25, 0.3) is 0 Å². The van der Waals surface area contributed by atoms with E-state index < -0.39 is 4.92 Å². The fourth-order valence-corrected chi connectivity index (χ4v) is 1.43. The van der Waals surface area contributed by atoms with Gasteiger partial charge in [0.2, 0.25) is 11.6 Å². The van der Waals surface area contributed by atoms with Crippen LogP contribution in [0.15, 0.2) is 0 Å². The third-order valence-corrected chi connectivity index (χ3v) is 2.57. The minimum Gasteiger partial charge on any atom is -0.363 e. The van der Waals surface area contributed by atoms with E-state index >= 15 is 0 Å². The number of carbonyl (C=O) groups excluding carboxylic acids is 1. The number of hydrogen-bond acceptors (Lipinski definition) is 5. The highest BCUT2D eigenvalue weighted by atomic mass is 16.6. The normalized spacial score (nSPS) is 10.1. The molecule has 0 aromatic carbocycles. The molecule has 2 amide bonds. The third kappa shape index (κ3) is 3.57. The summed E-state index contributed by atoms with van der Waals surface area (Å²) < 4.78 is 1.60. The van der Waals surface area contributed by atoms with Gasteiger partial charge in [-0.15, -0.1) is 0 Å². The monoisotopic (exact) mass is 270 g/mol. The van der Waals surface area contributed by atoms with Crippen LogP contribution in [0.4, 0.5) is 16.4 Å². The molecule has 0 aliphatic rings. The minimum absolute atomic E-state index is 0.209. The number of nitro groups is 1. The molecule has 106 valence electrons. The van der Waals surface area contributed by atoms with Crippen LogP contribution in [0, 0.1) is 17.0 Å². The van der Waals surface area contributed by atoms with Gasteiger partial charge in [0, 0.05) is 41.2 Å². The number of hydrogen-bond donors (Lipinski definition) is 2. The van der Waals surface area contributed by atoms with Gasteiger partial charge in [-0.05, 0) is 9.91 Å². The van der Waals surface area contributed by atoms with Gasteiger partial charge in [-0.1, -0.05) is 0 Å². The Morgan fingerprint density at radius 1 is 1.47 bits per heavy atom. The average molecular weight is 270 g/mol. The van der Waals surface area contributed by atoms with Crippen molar-refractivity contribution in [1.82, 2.24) is 19.8 Å². The second kappa shape index (κ2) is 6.03. The van der Waals surface area contributed by atoms with E-state index in [4.69, 9.17) is 0 Å². The molecule has 19 heavy (non-hydrogen) atoms. The molecule has 1 aromatic heterocycles. The maximum atomic E-state index is 11.3. The van der Waals surface area contributed by atoms with E-state index in [9.17, 15) is 14.9 Å². The van der Waals surface area contributed by atoms with Gasteiger partial charge in [0.1, 0.15) is 0 Å². The lowest BCUT2D eigenvalue weighted by Crippen LogP contribution is -2.37. The van der Waals surface area contributed by atoms with Crippen molar-refractivity contribution in [3.05, 3.63) is 15.9 Å². The Bertz CT molecular complexity index is 482. The third-order valence-electron chi connectivity index (χ3n) is 2.57. The van der Waals surface area contributed by atoms with Crippen molar-refractivity contribution in [2.45, 2.75) is 6.92 Å². The first-order chi connectivity index (χ1) is 8.84. The SMILES string of the molecule is Cc1nc([N+](=O)[O-])c(NCCNC(=O)N(C)C)n1C. The number of anilines is 1. The Kier molecular flexibility index (Phi) is 4.67. The van der Waals surface area contributed by atoms with Crippen LogP contribution in [0.3, 0.4) is 0 Å². The largest absolute Gasteiger partial charge is 0.406 e. The number of rotatable bonds is 5. The summed E-state index contributed by atoms with van der Waals surface area (Å²) in [5.41, 5.74) is 0. The van der Waals surface area contributed by atoms with Crippen molar-refractivity contribution < 1.29 is 9.72 Å². The lowest BCUT2D eigenvalue weighted by molar-refractivity contribution is -0.388. The summed E-state index contributed by atoms with van der Waals surface area (Å²) in [6.45, 7) is 2.42. The van der Waals surface area contributed by atoms with E-state index in [0.717, 1.165) is 0 Å². The number of nitrogens with one attached hydrogen (secondary N) is 2. The van der Waals surface area contributed by atoms with Crippen LogP contribution in [0.2, 0.25) is 0 Å². The summed E-state index contributed by atoms with van der Waals surface area (Å²) in [7, 11) is 4.96. The Labute approximate surface area is 110 Å². The number of carbonyl (C=O) groups is 1. The molecule has 0 atom stereocenters. The Morgan fingerprint density at radius 3 is 2.63 bits per heavy atom. The topological polar surface area (TPSA) is 105 Å². The standard InChI is InChI=1S/C10H18N6O3/c1-7-13-9(16(18)19)8(15(7)4)11-5-6-12-10(17)14(2)3/h11H,5-6H2,1-4H3,(H,12,17). The van der Waals surface area contributed by atoms with Crippen LogP contribution in [-0.4, -0.2) is 52.6 Å². The fraction of sp³-hybridized carbons (Fsp3) is 0.600. The lowest BCUT2D eigenvalue weighted by atomic mass is 10.5. The zero-order valence-corrected chi connectivity index (χ0v) is 11.4. The predicted molar refractivity (Wildman–Crippen MR) is 70.2 cm³/mol. The van der Waals surface area contributed by atoms with Gasteiger partial charge >= 0.3 is 11.8 Å². The van der Waals surface area contributed by atoms with E-state index in [1.54, 1.807) is 32.6 Å². The molecule has 1 heterocycles. The van der Waals surface area contributed by atoms with Gasteiger partial charge in [-0.3, -0.25) is 4.57 Å². The second-order valence-corrected chi connectivity index (χ2v) is 4.20. The van der Waals surface area contributed by atoms with Crippen LogP contribution in [0.25, 0.3) is 0 Å². The van der Waals surface area contributed by atoms with Crippen molar-refractivity contribution in [2.75, 3.05) is 32.5 Å². The van der Waals surface area contributed by atoms with E-state index in [-0.39, 0.29) is 11.8 Å². The molecule has 0 spiro atoms. The zero-order chi connectivity index (χ0) is 14.6. The molecule has 1 aromatic rings. The average Bonchev–Trinajstić information content (AvgIpc) is 2.62. The first-order valence-corrected chi connectivity index (χ1v) is 5.71. The van der Waals surface area contributed by atoms with E-state index in [1.165, 1.54) is 4.90 Å². The summed E-state index contributed by atoms with van der Waals surface area (Å²) in [5.74, 6) is 0.673. The maximum Gasteiger partial charge on any atom is 0.406 e. The molecular weight excluding hydrogens is 252 g/mol. The van der Waals surface area contributed by atoms with Gasteiger partial charge < -0.3 is 25.6 Å². The highest BCUT2D eigenvalue weighted by Crippen LogP contribution is 2.23. The number of amides is 2. The molecule has 9 heteroatoms. The quantitative estimate of drug-likeness (QED) is 0.455. The van der Waals surface area contributed by atoms with Crippen molar-refractivity contribution in [2.24, 2.45) is 7.05 Å². The van der Waals surface area contributed by atoms with E-state index in [2.05, 4.69) is 15.6 Å². The summed E-state index contributed by atoms with van der Waals surface area (Å²) in [4.78, 5) is 26.8. The fourth-order valence-electron chi connectivity index (χ4n) is 1.43. The second-order valence-electron chi connectivity index (χ2n) is 4.20. The molecule has 0 aliphatic heterocycles. The van der Waals surface area contributed by atoms with Crippen molar-refractivity contribution >= 4 is 17.7 Å². The molecule has 0 aliphatic carbocycles. The van der Waals surface area contributed by atoms with Gasteiger partial charge in [-0.2, -0.15) is 0 Å². The number of imidazole rings is 1. The first kappa shape index (κ1) is 14.7. The van der Waals surface area contributed by atoms with Crippen LogP contribution in [-0.2, 0) is 7.05 Å². The summed E-state index contributed by atoms with van der Waals surface area (Å²) >= 11 is 0. The maximum absolute atomic E-state index is 11.3. The molecule has 0 saturated heterocycles. The van der Waals surface area contributed by atoms with Gasteiger partial charge in [0.05, 0.1) is 0 Å². The molecular formula is C10H18N6O3. The van der Waals surface area contributed by atoms with E-state index in [0.29, 0.717) is 24.7 Å². The van der Waals surface area contributed by atoms with Crippen molar-refractivity contribution in [3.8, 4) is 0 Å². The predicted octanol–water partition coefficient (Wildman–Crippen LogP) is 0.320. The number of urea groups is 1. The van der Waals surface area contributed by atoms with E-state index in [1.807, 2.05) is 0 Å². The highest BCUT2D eigenvalue weighted by Gasteiger charge is 2.22. The molecule has 0 unspecified atom stereocenters. The van der Waals surface area contributed by atoms with Crippen molar-refractivity contribution in [3.63, 3.8) is 0 Å². The minimum atomic E-state index is -0.534. The first-order valence-electron chi connectivity index (χ1n) is 5.71. The van der Waals surface area contributed by atoms with Gasteiger partial charge in [-0.25, -0.2) is 4.79 Å². The Hall–Kier alpha value is -2.32. The molecule has 0 radical (unpaired) electrons. The molecule has 1 rings (SSSR count).